The van der Waals surface area contributed by atoms with Crippen molar-refractivity contribution in [2.45, 2.75) is 12.5 Å². The Morgan fingerprint density at radius 1 is 1.55 bits per heavy atom. The monoisotopic (exact) mass is 296 g/mol. The Kier molecular flexibility index (Phi) is 4.83. The summed E-state index contributed by atoms with van der Waals surface area (Å²) in [7, 11) is 1.51. The van der Waals surface area contributed by atoms with Crippen LogP contribution in [-0.2, 0) is 4.74 Å². The number of nitrogens with zero attached hydrogens (tertiary/aromatic N) is 2. The minimum absolute atomic E-state index is 0.245. The molecule has 2 aromatic heterocycles. The van der Waals surface area contributed by atoms with E-state index in [1.165, 1.54) is 24.6 Å². The Bertz CT molecular complexity index is 601. The molecule has 2 heterocycles. The van der Waals surface area contributed by atoms with Crippen LogP contribution in [0.3, 0.4) is 0 Å². The lowest BCUT2D eigenvalue weighted by Crippen LogP contribution is -2.28. The van der Waals surface area contributed by atoms with Crippen molar-refractivity contribution in [3.8, 4) is 0 Å². The number of anilines is 1. The van der Waals surface area contributed by atoms with Gasteiger partial charge in [-0.15, -0.1) is 11.3 Å². The van der Waals surface area contributed by atoms with Crippen LogP contribution in [0.5, 0.6) is 0 Å². The lowest BCUT2D eigenvalue weighted by Gasteiger charge is -2.09. The molecule has 8 heteroatoms. The first-order valence-corrected chi connectivity index (χ1v) is 6.89. The number of aliphatic hydroxyl groups is 1. The Labute approximate surface area is 119 Å². The summed E-state index contributed by atoms with van der Waals surface area (Å²) in [6.45, 7) is 0.590. The number of rotatable bonds is 6. The summed E-state index contributed by atoms with van der Waals surface area (Å²) in [4.78, 5) is 21.3. The SMILES string of the molecule is COCC(O)CCNC(=O)c1sc2nccnc2c1N. The summed E-state index contributed by atoms with van der Waals surface area (Å²) in [6.07, 6.45) is 2.92. The highest BCUT2D eigenvalue weighted by atomic mass is 32.1. The van der Waals surface area contributed by atoms with Crippen LogP contribution < -0.4 is 11.1 Å². The van der Waals surface area contributed by atoms with Crippen LogP contribution in [0.15, 0.2) is 12.4 Å². The van der Waals surface area contributed by atoms with E-state index in [0.29, 0.717) is 33.9 Å². The van der Waals surface area contributed by atoms with Gasteiger partial charge in [0.25, 0.3) is 5.91 Å². The van der Waals surface area contributed by atoms with Gasteiger partial charge in [-0.05, 0) is 6.42 Å². The van der Waals surface area contributed by atoms with Crippen LogP contribution in [0, 0.1) is 0 Å². The van der Waals surface area contributed by atoms with Crippen molar-refractivity contribution < 1.29 is 14.6 Å². The van der Waals surface area contributed by atoms with Gasteiger partial charge < -0.3 is 20.9 Å². The van der Waals surface area contributed by atoms with Crippen LogP contribution in [-0.4, -0.2) is 47.3 Å². The van der Waals surface area contributed by atoms with Crippen molar-refractivity contribution in [3.05, 3.63) is 17.3 Å². The molecule has 0 radical (unpaired) electrons. The van der Waals surface area contributed by atoms with Crippen molar-refractivity contribution in [2.24, 2.45) is 0 Å². The maximum atomic E-state index is 12.0. The van der Waals surface area contributed by atoms with Crippen LogP contribution in [0.1, 0.15) is 16.1 Å². The van der Waals surface area contributed by atoms with Gasteiger partial charge in [-0.1, -0.05) is 0 Å². The number of methoxy groups -OCH3 is 1. The second-order valence-electron chi connectivity index (χ2n) is 4.21. The van der Waals surface area contributed by atoms with E-state index in [4.69, 9.17) is 10.5 Å². The Balaban J connectivity index is 1.99. The van der Waals surface area contributed by atoms with Crippen molar-refractivity contribution in [1.29, 1.82) is 0 Å². The first-order valence-electron chi connectivity index (χ1n) is 6.07. The third kappa shape index (κ3) is 3.21. The normalized spacial score (nSPS) is 12.5. The molecule has 0 spiro atoms. The third-order valence-corrected chi connectivity index (χ3v) is 3.79. The number of amides is 1. The maximum absolute atomic E-state index is 12.0. The summed E-state index contributed by atoms with van der Waals surface area (Å²) in [6, 6.07) is 0. The molecule has 0 aliphatic heterocycles. The van der Waals surface area contributed by atoms with E-state index in [1.54, 1.807) is 6.20 Å². The highest BCUT2D eigenvalue weighted by Gasteiger charge is 2.17. The molecule has 1 atom stereocenters. The van der Waals surface area contributed by atoms with Gasteiger partial charge in [0.15, 0.2) is 0 Å². The minimum Gasteiger partial charge on any atom is -0.396 e. The lowest BCUT2D eigenvalue weighted by molar-refractivity contribution is 0.0588. The molecule has 0 aliphatic carbocycles. The maximum Gasteiger partial charge on any atom is 0.263 e. The number of hydrogen-bond donors (Lipinski definition) is 3. The second-order valence-corrected chi connectivity index (χ2v) is 5.21. The molecule has 0 bridgehead atoms. The van der Waals surface area contributed by atoms with Crippen molar-refractivity contribution in [2.75, 3.05) is 26.0 Å². The minimum atomic E-state index is -0.594. The van der Waals surface area contributed by atoms with E-state index in [2.05, 4.69) is 15.3 Å². The molecule has 0 fully saturated rings. The summed E-state index contributed by atoms with van der Waals surface area (Å²) in [5.74, 6) is -0.281. The van der Waals surface area contributed by atoms with Gasteiger partial charge in [0.05, 0.1) is 18.4 Å². The molecule has 2 aromatic rings. The molecule has 0 aliphatic rings. The zero-order valence-electron chi connectivity index (χ0n) is 11.0. The largest absolute Gasteiger partial charge is 0.396 e. The van der Waals surface area contributed by atoms with Gasteiger partial charge >= 0.3 is 0 Å². The van der Waals surface area contributed by atoms with E-state index in [1.807, 2.05) is 0 Å². The lowest BCUT2D eigenvalue weighted by atomic mass is 10.2. The van der Waals surface area contributed by atoms with Gasteiger partial charge in [-0.25, -0.2) is 9.97 Å². The smallest absolute Gasteiger partial charge is 0.263 e. The van der Waals surface area contributed by atoms with Crippen LogP contribution in [0.4, 0.5) is 5.69 Å². The quantitative estimate of drug-likeness (QED) is 0.711. The summed E-state index contributed by atoms with van der Waals surface area (Å²) < 4.78 is 4.81. The van der Waals surface area contributed by atoms with E-state index in [0.717, 1.165) is 0 Å². The zero-order valence-corrected chi connectivity index (χ0v) is 11.8. The molecule has 0 saturated heterocycles. The zero-order chi connectivity index (χ0) is 14.5. The van der Waals surface area contributed by atoms with Gasteiger partial charge in [0.2, 0.25) is 0 Å². The molecule has 20 heavy (non-hydrogen) atoms. The third-order valence-electron chi connectivity index (χ3n) is 2.69. The number of hydrogen-bond acceptors (Lipinski definition) is 7. The fraction of sp³-hybridized carbons (Fsp3) is 0.417. The fourth-order valence-corrected chi connectivity index (χ4v) is 2.66. The van der Waals surface area contributed by atoms with Crippen molar-refractivity contribution >= 4 is 33.3 Å². The number of aromatic nitrogens is 2. The average molecular weight is 296 g/mol. The van der Waals surface area contributed by atoms with Crippen LogP contribution in [0.25, 0.3) is 10.3 Å². The van der Waals surface area contributed by atoms with E-state index < -0.39 is 6.10 Å². The first-order chi connectivity index (χ1) is 9.63. The molecule has 1 unspecified atom stereocenters. The average Bonchev–Trinajstić information content (AvgIpc) is 2.77. The topological polar surface area (TPSA) is 110 Å². The van der Waals surface area contributed by atoms with Crippen LogP contribution in [0.2, 0.25) is 0 Å². The second kappa shape index (κ2) is 6.60. The predicted octanol–water partition coefficient (Wildman–Crippen LogP) is 0.401. The summed E-state index contributed by atoms with van der Waals surface area (Å²) in [5.41, 5.74) is 6.78. The van der Waals surface area contributed by atoms with Crippen molar-refractivity contribution in [1.82, 2.24) is 15.3 Å². The number of thiophene rings is 1. The molecular weight excluding hydrogens is 280 g/mol. The fourth-order valence-electron chi connectivity index (χ4n) is 1.72. The number of ether oxygens (including phenoxy) is 1. The number of aliphatic hydroxyl groups excluding tert-OH is 1. The number of carbonyl (C=O) groups excluding carboxylic acids is 1. The molecule has 108 valence electrons. The Hall–Kier alpha value is -1.77. The molecule has 7 nitrogen and oxygen atoms in total. The standard InChI is InChI=1S/C12H16N4O3S/c1-19-6-7(17)2-3-15-11(18)10-8(13)9-12(20-10)16-5-4-14-9/h4-5,7,17H,2-3,6,13H2,1H3,(H,15,18). The highest BCUT2D eigenvalue weighted by molar-refractivity contribution is 7.21. The van der Waals surface area contributed by atoms with Gasteiger partial charge in [-0.3, -0.25) is 4.79 Å². The molecule has 4 N–H and O–H groups in total. The van der Waals surface area contributed by atoms with E-state index >= 15 is 0 Å². The van der Waals surface area contributed by atoms with Crippen LogP contribution >= 0.6 is 11.3 Å². The van der Waals surface area contributed by atoms with E-state index in [9.17, 15) is 9.90 Å². The molecule has 2 rings (SSSR count). The van der Waals surface area contributed by atoms with Crippen molar-refractivity contribution in [3.63, 3.8) is 0 Å². The molecular formula is C12H16N4O3S. The van der Waals surface area contributed by atoms with Gasteiger partial charge in [-0.2, -0.15) is 0 Å². The first kappa shape index (κ1) is 14.6. The van der Waals surface area contributed by atoms with Gasteiger partial charge in [0.1, 0.15) is 15.2 Å². The molecule has 1 amide bonds. The summed E-state index contributed by atoms with van der Waals surface area (Å²) in [5, 5.41) is 12.2. The molecule has 0 saturated carbocycles. The number of nitrogens with two attached hydrogens (primary N) is 1. The summed E-state index contributed by atoms with van der Waals surface area (Å²) >= 11 is 1.20. The molecule has 0 aromatic carbocycles. The Morgan fingerprint density at radius 3 is 3.00 bits per heavy atom. The number of nitrogen functional groups attached to an aromatic ring is 1. The number of fused-ring (bicyclic) bond motifs is 1. The number of nitrogens with one attached hydrogen (secondary N) is 1. The predicted molar refractivity (Wildman–Crippen MR) is 76.7 cm³/mol. The number of carbonyl (C=O) groups is 1. The highest BCUT2D eigenvalue weighted by Crippen LogP contribution is 2.30. The Morgan fingerprint density at radius 2 is 2.30 bits per heavy atom. The van der Waals surface area contributed by atoms with E-state index in [-0.39, 0.29) is 12.5 Å². The van der Waals surface area contributed by atoms with Gasteiger partial charge in [0, 0.05) is 26.0 Å².